The van der Waals surface area contributed by atoms with Crippen molar-refractivity contribution < 1.29 is 19.1 Å². The first-order chi connectivity index (χ1) is 13.5. The molecule has 0 fully saturated rings. The maximum atomic E-state index is 12.0. The van der Waals surface area contributed by atoms with Crippen molar-refractivity contribution >= 4 is 11.9 Å². The molecule has 0 saturated carbocycles. The van der Waals surface area contributed by atoms with Crippen LogP contribution >= 0.6 is 0 Å². The van der Waals surface area contributed by atoms with Crippen molar-refractivity contribution in [2.75, 3.05) is 27.8 Å². The van der Waals surface area contributed by atoms with Crippen molar-refractivity contribution in [2.24, 2.45) is 0 Å². The Balaban J connectivity index is 1.73. The lowest BCUT2D eigenvalue weighted by molar-refractivity contribution is -0.120. The summed E-state index contributed by atoms with van der Waals surface area (Å²) in [6.07, 6.45) is 0.216. The number of benzene rings is 2. The van der Waals surface area contributed by atoms with Gasteiger partial charge in [0.1, 0.15) is 11.5 Å². The Kier molecular flexibility index (Phi) is 8.30. The Labute approximate surface area is 165 Å². The molecule has 2 N–H and O–H groups in total. The van der Waals surface area contributed by atoms with Crippen LogP contribution in [0, 0.1) is 0 Å². The first-order valence-corrected chi connectivity index (χ1v) is 9.03. The van der Waals surface area contributed by atoms with Gasteiger partial charge in [-0.3, -0.25) is 10.1 Å². The van der Waals surface area contributed by atoms with Gasteiger partial charge in [0, 0.05) is 37.7 Å². The van der Waals surface area contributed by atoms with Crippen molar-refractivity contribution in [3.63, 3.8) is 0 Å². The Hall–Kier alpha value is -3.06. The van der Waals surface area contributed by atoms with Crippen LogP contribution in [0.25, 0.3) is 0 Å². The van der Waals surface area contributed by atoms with Crippen molar-refractivity contribution in [3.8, 4) is 11.5 Å². The highest BCUT2D eigenvalue weighted by atomic mass is 16.5. The zero-order valence-corrected chi connectivity index (χ0v) is 16.5. The number of carbonyl (C=O) groups is 2. The molecule has 2 rings (SSSR count). The van der Waals surface area contributed by atoms with E-state index in [0.29, 0.717) is 19.6 Å². The fourth-order valence-electron chi connectivity index (χ4n) is 2.66. The van der Waals surface area contributed by atoms with Crippen LogP contribution in [0.2, 0.25) is 0 Å². The van der Waals surface area contributed by atoms with Gasteiger partial charge in [-0.15, -0.1) is 0 Å². The molecule has 0 unspecified atom stereocenters. The predicted molar refractivity (Wildman–Crippen MR) is 107 cm³/mol. The smallest absolute Gasteiger partial charge is 0.321 e. The summed E-state index contributed by atoms with van der Waals surface area (Å²) in [6.45, 7) is 1.49. The molecule has 0 bridgehead atoms. The summed E-state index contributed by atoms with van der Waals surface area (Å²) in [5.74, 6) is 1.14. The number of ether oxygens (including phenoxy) is 2. The molecule has 150 valence electrons. The number of carbonyl (C=O) groups excluding carboxylic acids is 2. The molecule has 3 amide bonds. The van der Waals surface area contributed by atoms with E-state index in [0.717, 1.165) is 22.6 Å². The minimum absolute atomic E-state index is 0.216. The lowest BCUT2D eigenvalue weighted by Gasteiger charge is -2.18. The van der Waals surface area contributed by atoms with Crippen LogP contribution in [0.15, 0.2) is 48.5 Å². The van der Waals surface area contributed by atoms with E-state index < -0.39 is 6.03 Å². The molecule has 7 heteroatoms. The molecule has 0 aliphatic rings. The molecule has 28 heavy (non-hydrogen) atoms. The standard InChI is InChI=1S/C21H27N3O4/c1-24(15-17-9-10-18(27-2)13-19(17)28-3)12-11-20(25)23-21(26)22-14-16-7-5-4-6-8-16/h4-10,13H,11-12,14-15H2,1-3H3,(H2,22,23,25,26). The number of rotatable bonds is 9. The van der Waals surface area contributed by atoms with E-state index in [9.17, 15) is 9.59 Å². The van der Waals surface area contributed by atoms with Crippen LogP contribution in [0.4, 0.5) is 4.79 Å². The number of amides is 3. The first-order valence-electron chi connectivity index (χ1n) is 9.03. The van der Waals surface area contributed by atoms with Gasteiger partial charge in [-0.2, -0.15) is 0 Å². The minimum Gasteiger partial charge on any atom is -0.497 e. The number of methoxy groups -OCH3 is 2. The van der Waals surface area contributed by atoms with Crippen molar-refractivity contribution in [1.82, 2.24) is 15.5 Å². The van der Waals surface area contributed by atoms with Crippen molar-refractivity contribution in [3.05, 3.63) is 59.7 Å². The topological polar surface area (TPSA) is 79.9 Å². The predicted octanol–water partition coefficient (Wildman–Crippen LogP) is 2.55. The molecule has 0 aromatic heterocycles. The summed E-state index contributed by atoms with van der Waals surface area (Å²) in [5, 5.41) is 5.02. The zero-order chi connectivity index (χ0) is 20.4. The summed E-state index contributed by atoms with van der Waals surface area (Å²) in [6, 6.07) is 14.7. The molecule has 0 heterocycles. The Morgan fingerprint density at radius 1 is 1.04 bits per heavy atom. The number of hydrogen-bond donors (Lipinski definition) is 2. The number of urea groups is 1. The van der Waals surface area contributed by atoms with E-state index in [2.05, 4.69) is 10.6 Å². The highest BCUT2D eigenvalue weighted by molar-refractivity contribution is 5.94. The van der Waals surface area contributed by atoms with Crippen LogP contribution in [0.3, 0.4) is 0 Å². The van der Waals surface area contributed by atoms with Crippen LogP contribution < -0.4 is 20.1 Å². The molecular formula is C21H27N3O4. The lowest BCUT2D eigenvalue weighted by Crippen LogP contribution is -2.40. The van der Waals surface area contributed by atoms with Gasteiger partial charge in [-0.1, -0.05) is 36.4 Å². The molecule has 0 atom stereocenters. The van der Waals surface area contributed by atoms with Gasteiger partial charge in [-0.05, 0) is 18.7 Å². The van der Waals surface area contributed by atoms with Crippen LogP contribution in [0.1, 0.15) is 17.5 Å². The van der Waals surface area contributed by atoms with Gasteiger partial charge in [0.15, 0.2) is 0 Å². The third-order valence-corrected chi connectivity index (χ3v) is 4.20. The SMILES string of the molecule is COc1ccc(CN(C)CCC(=O)NC(=O)NCc2ccccc2)c(OC)c1. The summed E-state index contributed by atoms with van der Waals surface area (Å²) >= 11 is 0. The minimum atomic E-state index is -0.492. The van der Waals surface area contributed by atoms with E-state index in [-0.39, 0.29) is 12.3 Å². The molecule has 7 nitrogen and oxygen atoms in total. The summed E-state index contributed by atoms with van der Waals surface area (Å²) < 4.78 is 10.6. The van der Waals surface area contributed by atoms with Gasteiger partial charge in [-0.25, -0.2) is 4.79 Å². The second kappa shape index (κ2) is 10.9. The fourth-order valence-corrected chi connectivity index (χ4v) is 2.66. The van der Waals surface area contributed by atoms with Crippen LogP contribution in [-0.2, 0) is 17.9 Å². The maximum absolute atomic E-state index is 12.0. The molecule has 0 aliphatic carbocycles. The Morgan fingerprint density at radius 2 is 1.79 bits per heavy atom. The summed E-state index contributed by atoms with van der Waals surface area (Å²) in [5.41, 5.74) is 1.96. The lowest BCUT2D eigenvalue weighted by atomic mass is 10.1. The van der Waals surface area contributed by atoms with Gasteiger partial charge in [0.25, 0.3) is 0 Å². The zero-order valence-electron chi connectivity index (χ0n) is 16.5. The van der Waals surface area contributed by atoms with Crippen molar-refractivity contribution in [1.29, 1.82) is 0 Å². The quantitative estimate of drug-likeness (QED) is 0.693. The molecule has 0 radical (unpaired) electrons. The van der Waals surface area contributed by atoms with E-state index in [1.165, 1.54) is 0 Å². The molecule has 0 saturated heterocycles. The summed E-state index contributed by atoms with van der Waals surface area (Å²) in [4.78, 5) is 25.8. The molecule has 2 aromatic rings. The van der Waals surface area contributed by atoms with Gasteiger partial charge in [0.2, 0.25) is 5.91 Å². The largest absolute Gasteiger partial charge is 0.497 e. The molecular weight excluding hydrogens is 358 g/mol. The normalized spacial score (nSPS) is 10.4. The van der Waals surface area contributed by atoms with E-state index in [4.69, 9.17) is 9.47 Å². The second-order valence-electron chi connectivity index (χ2n) is 6.38. The molecule has 2 aromatic carbocycles. The highest BCUT2D eigenvalue weighted by Crippen LogP contribution is 2.25. The van der Waals surface area contributed by atoms with E-state index in [1.807, 2.05) is 60.5 Å². The maximum Gasteiger partial charge on any atom is 0.321 e. The Morgan fingerprint density at radius 3 is 2.46 bits per heavy atom. The second-order valence-corrected chi connectivity index (χ2v) is 6.38. The number of nitrogens with one attached hydrogen (secondary N) is 2. The number of nitrogens with zero attached hydrogens (tertiary/aromatic N) is 1. The van der Waals surface area contributed by atoms with Gasteiger partial charge < -0.3 is 19.7 Å². The van der Waals surface area contributed by atoms with Crippen LogP contribution in [-0.4, -0.2) is 44.7 Å². The monoisotopic (exact) mass is 385 g/mol. The fraction of sp³-hybridized carbons (Fsp3) is 0.333. The van der Waals surface area contributed by atoms with E-state index >= 15 is 0 Å². The average molecular weight is 385 g/mol. The number of imide groups is 1. The highest BCUT2D eigenvalue weighted by Gasteiger charge is 2.11. The van der Waals surface area contributed by atoms with Gasteiger partial charge in [0.05, 0.1) is 14.2 Å². The third kappa shape index (κ3) is 6.92. The van der Waals surface area contributed by atoms with Crippen LogP contribution in [0.5, 0.6) is 11.5 Å². The molecule has 0 aliphatic heterocycles. The average Bonchev–Trinajstić information content (AvgIpc) is 2.71. The van der Waals surface area contributed by atoms with Crippen molar-refractivity contribution in [2.45, 2.75) is 19.5 Å². The van der Waals surface area contributed by atoms with E-state index in [1.54, 1.807) is 14.2 Å². The van der Waals surface area contributed by atoms with Gasteiger partial charge >= 0.3 is 6.03 Å². The molecule has 0 spiro atoms. The Bertz CT molecular complexity index is 780. The first kappa shape index (κ1) is 21.2. The summed E-state index contributed by atoms with van der Waals surface area (Å²) in [7, 11) is 5.13. The number of hydrogen-bond acceptors (Lipinski definition) is 5. The third-order valence-electron chi connectivity index (χ3n) is 4.20.